The number of halogens is 1. The van der Waals surface area contributed by atoms with Gasteiger partial charge in [0.1, 0.15) is 29.4 Å². The smallest absolute Gasteiger partial charge is 0.224 e. The average molecular weight is 455 g/mol. The fraction of sp³-hybridized carbons (Fsp3) is 0.333. The molecule has 0 N–H and O–H groups in total. The molecule has 3 aromatic rings. The van der Waals surface area contributed by atoms with E-state index in [0.717, 1.165) is 49.1 Å². The van der Waals surface area contributed by atoms with Crippen molar-refractivity contribution in [3.05, 3.63) is 65.4 Å². The van der Waals surface area contributed by atoms with Crippen molar-refractivity contribution in [1.82, 2.24) is 14.9 Å². The molecule has 1 saturated heterocycles. The number of methoxy groups -OCH3 is 2. The highest BCUT2D eigenvalue weighted by molar-refractivity contribution is 6.30. The van der Waals surface area contributed by atoms with Gasteiger partial charge in [0.05, 0.1) is 14.2 Å². The summed E-state index contributed by atoms with van der Waals surface area (Å²) < 4.78 is 16.7. The summed E-state index contributed by atoms with van der Waals surface area (Å²) in [6.07, 6.45) is 1.54. The molecule has 1 fully saturated rings. The van der Waals surface area contributed by atoms with E-state index < -0.39 is 0 Å². The third-order valence-corrected chi connectivity index (χ3v) is 5.87. The second-order valence-corrected chi connectivity index (χ2v) is 8.15. The topological polar surface area (TPSA) is 60.0 Å². The van der Waals surface area contributed by atoms with Gasteiger partial charge in [-0.1, -0.05) is 17.7 Å². The highest BCUT2D eigenvalue weighted by atomic mass is 35.5. The van der Waals surface area contributed by atoms with Crippen LogP contribution in [-0.4, -0.2) is 54.8 Å². The van der Waals surface area contributed by atoms with Crippen LogP contribution in [0, 0.1) is 0 Å². The van der Waals surface area contributed by atoms with Gasteiger partial charge in [-0.25, -0.2) is 9.97 Å². The molecule has 7 nitrogen and oxygen atoms in total. The first-order valence-electron chi connectivity index (χ1n) is 10.5. The molecule has 32 heavy (non-hydrogen) atoms. The second kappa shape index (κ2) is 10.1. The molecule has 1 atom stereocenters. The lowest BCUT2D eigenvalue weighted by molar-refractivity contribution is 0.178. The molecule has 0 spiro atoms. The van der Waals surface area contributed by atoms with E-state index in [0.29, 0.717) is 22.7 Å². The van der Waals surface area contributed by atoms with Crippen LogP contribution in [0.2, 0.25) is 5.02 Å². The van der Waals surface area contributed by atoms with Gasteiger partial charge in [-0.3, -0.25) is 4.90 Å². The first-order chi connectivity index (χ1) is 15.6. The number of piperazine rings is 1. The number of benzene rings is 2. The van der Waals surface area contributed by atoms with Crippen LogP contribution in [-0.2, 0) is 6.54 Å². The van der Waals surface area contributed by atoms with E-state index >= 15 is 0 Å². The third-order valence-electron chi connectivity index (χ3n) is 5.62. The van der Waals surface area contributed by atoms with Crippen LogP contribution in [0.4, 0.5) is 5.82 Å². The normalized spacial score (nSPS) is 16.6. The Morgan fingerprint density at radius 2 is 1.75 bits per heavy atom. The fourth-order valence-corrected chi connectivity index (χ4v) is 3.95. The summed E-state index contributed by atoms with van der Waals surface area (Å²) in [4.78, 5) is 13.4. The van der Waals surface area contributed by atoms with Crippen molar-refractivity contribution in [3.8, 4) is 23.1 Å². The zero-order valence-corrected chi connectivity index (χ0v) is 19.2. The summed E-state index contributed by atoms with van der Waals surface area (Å²) in [5.74, 6) is 3.70. The zero-order chi connectivity index (χ0) is 22.5. The zero-order valence-electron chi connectivity index (χ0n) is 18.5. The maximum Gasteiger partial charge on any atom is 0.224 e. The second-order valence-electron chi connectivity index (χ2n) is 7.71. The molecule has 2 aromatic carbocycles. The Morgan fingerprint density at radius 3 is 2.47 bits per heavy atom. The quantitative estimate of drug-likeness (QED) is 0.515. The van der Waals surface area contributed by atoms with Crippen LogP contribution in [0.25, 0.3) is 0 Å². The van der Waals surface area contributed by atoms with Crippen molar-refractivity contribution in [2.75, 3.05) is 38.8 Å². The van der Waals surface area contributed by atoms with Crippen LogP contribution in [0.1, 0.15) is 12.5 Å². The largest absolute Gasteiger partial charge is 0.497 e. The molecule has 0 radical (unpaired) electrons. The molecule has 2 heterocycles. The first-order valence-corrected chi connectivity index (χ1v) is 10.9. The summed E-state index contributed by atoms with van der Waals surface area (Å²) >= 11 is 5.94. The summed E-state index contributed by atoms with van der Waals surface area (Å²) in [7, 11) is 3.35. The average Bonchev–Trinajstić information content (AvgIpc) is 2.82. The Morgan fingerprint density at radius 1 is 0.969 bits per heavy atom. The van der Waals surface area contributed by atoms with Crippen molar-refractivity contribution < 1.29 is 14.2 Å². The predicted octanol–water partition coefficient (Wildman–Crippen LogP) is 4.65. The minimum Gasteiger partial charge on any atom is -0.497 e. The molecule has 0 unspecified atom stereocenters. The predicted molar refractivity (Wildman–Crippen MR) is 125 cm³/mol. The van der Waals surface area contributed by atoms with E-state index in [4.69, 9.17) is 25.8 Å². The summed E-state index contributed by atoms with van der Waals surface area (Å²) in [6, 6.07) is 15.4. The van der Waals surface area contributed by atoms with Gasteiger partial charge in [-0.05, 0) is 37.3 Å². The number of hydrogen-bond donors (Lipinski definition) is 0. The Bertz CT molecular complexity index is 1050. The number of ether oxygens (including phenoxy) is 3. The SMILES string of the molecule is COc1ccc(CN2CCN(c3cc(Oc4ccc(Cl)cc4)ncn3)C[C@@H]2C)c(OC)c1. The lowest BCUT2D eigenvalue weighted by Gasteiger charge is -2.40. The molecule has 8 heteroatoms. The molecule has 1 aromatic heterocycles. The molecular formula is C24H27ClN4O3. The van der Waals surface area contributed by atoms with E-state index in [9.17, 15) is 0 Å². The van der Waals surface area contributed by atoms with E-state index in [1.54, 1.807) is 32.7 Å². The molecule has 0 amide bonds. The Balaban J connectivity index is 1.41. The van der Waals surface area contributed by atoms with Gasteiger partial charge in [0.25, 0.3) is 0 Å². The van der Waals surface area contributed by atoms with Crippen LogP contribution in [0.5, 0.6) is 23.1 Å². The molecule has 0 saturated carbocycles. The van der Waals surface area contributed by atoms with E-state index in [2.05, 4.69) is 32.8 Å². The number of rotatable bonds is 7. The van der Waals surface area contributed by atoms with Gasteiger partial charge in [-0.2, -0.15) is 0 Å². The first kappa shape index (κ1) is 22.2. The standard InChI is InChI=1S/C24H27ClN4O3/c1-17-14-29(11-10-28(17)15-18-4-7-21(30-2)12-22(18)31-3)23-13-24(27-16-26-23)32-20-8-5-19(25)6-9-20/h4-9,12-13,16-17H,10-11,14-15H2,1-3H3/t17-/m0/s1. The van der Waals surface area contributed by atoms with Crippen LogP contribution in [0.3, 0.4) is 0 Å². The fourth-order valence-electron chi connectivity index (χ4n) is 3.82. The number of aromatic nitrogens is 2. The van der Waals surface area contributed by atoms with Crippen LogP contribution < -0.4 is 19.1 Å². The van der Waals surface area contributed by atoms with Crippen molar-refractivity contribution in [1.29, 1.82) is 0 Å². The lowest BCUT2D eigenvalue weighted by Crippen LogP contribution is -2.51. The molecule has 0 bridgehead atoms. The Kier molecular flexibility index (Phi) is 6.97. The van der Waals surface area contributed by atoms with Crippen LogP contribution in [0.15, 0.2) is 54.9 Å². The molecule has 4 rings (SSSR count). The van der Waals surface area contributed by atoms with E-state index in [1.807, 2.05) is 30.3 Å². The Labute approximate surface area is 193 Å². The maximum atomic E-state index is 5.94. The molecule has 0 aliphatic carbocycles. The summed E-state index contributed by atoms with van der Waals surface area (Å²) in [5, 5.41) is 0.667. The number of hydrogen-bond acceptors (Lipinski definition) is 7. The lowest BCUT2D eigenvalue weighted by atomic mass is 10.1. The van der Waals surface area contributed by atoms with Crippen LogP contribution >= 0.6 is 11.6 Å². The highest BCUT2D eigenvalue weighted by Crippen LogP contribution is 2.28. The summed E-state index contributed by atoms with van der Waals surface area (Å²) in [5.41, 5.74) is 1.15. The van der Waals surface area contributed by atoms with Crippen molar-refractivity contribution in [3.63, 3.8) is 0 Å². The van der Waals surface area contributed by atoms with Gasteiger partial charge in [-0.15, -0.1) is 0 Å². The summed E-state index contributed by atoms with van der Waals surface area (Å²) in [6.45, 7) is 5.68. The van der Waals surface area contributed by atoms with Crippen molar-refractivity contribution >= 4 is 17.4 Å². The van der Waals surface area contributed by atoms with Crippen molar-refractivity contribution in [2.24, 2.45) is 0 Å². The van der Waals surface area contributed by atoms with E-state index in [-0.39, 0.29) is 0 Å². The van der Waals surface area contributed by atoms with Gasteiger partial charge in [0, 0.05) is 54.9 Å². The minimum atomic E-state index is 0.339. The highest BCUT2D eigenvalue weighted by Gasteiger charge is 2.25. The molecular weight excluding hydrogens is 428 g/mol. The van der Waals surface area contributed by atoms with Gasteiger partial charge in [0.15, 0.2) is 0 Å². The number of anilines is 1. The third kappa shape index (κ3) is 5.23. The van der Waals surface area contributed by atoms with Gasteiger partial charge < -0.3 is 19.1 Å². The van der Waals surface area contributed by atoms with Crippen molar-refractivity contribution in [2.45, 2.75) is 19.5 Å². The van der Waals surface area contributed by atoms with E-state index in [1.165, 1.54) is 0 Å². The monoisotopic (exact) mass is 454 g/mol. The number of nitrogens with zero attached hydrogens (tertiary/aromatic N) is 4. The molecule has 1 aliphatic rings. The Hall–Kier alpha value is -3.03. The van der Waals surface area contributed by atoms with Gasteiger partial charge in [0.2, 0.25) is 5.88 Å². The molecule has 168 valence electrons. The minimum absolute atomic E-state index is 0.339. The van der Waals surface area contributed by atoms with Gasteiger partial charge >= 0.3 is 0 Å². The molecule has 1 aliphatic heterocycles. The maximum absolute atomic E-state index is 5.94.